The number of nitrogen functional groups attached to an aromatic ring is 1. The Labute approximate surface area is 97.3 Å². The van der Waals surface area contributed by atoms with Gasteiger partial charge in [-0.3, -0.25) is 0 Å². The third-order valence-electron chi connectivity index (χ3n) is 1.75. The number of hydrogen-bond acceptors (Lipinski definition) is 3. The lowest BCUT2D eigenvalue weighted by atomic mass is 10.3. The van der Waals surface area contributed by atoms with Gasteiger partial charge in [0, 0.05) is 16.6 Å². The molecule has 0 bridgehead atoms. The van der Waals surface area contributed by atoms with Crippen molar-refractivity contribution in [3.05, 3.63) is 16.6 Å². The zero-order chi connectivity index (χ0) is 10.6. The Morgan fingerprint density at radius 3 is 2.79 bits per heavy atom. The molecule has 0 aliphatic carbocycles. The fourth-order valence-electron chi connectivity index (χ4n) is 1.04. The van der Waals surface area contributed by atoms with Gasteiger partial charge in [-0.05, 0) is 34.2 Å². The Morgan fingerprint density at radius 1 is 1.50 bits per heavy atom. The van der Waals surface area contributed by atoms with Gasteiger partial charge >= 0.3 is 0 Å². The van der Waals surface area contributed by atoms with Crippen LogP contribution in [0.4, 0.5) is 5.69 Å². The molecule has 2 N–H and O–H groups in total. The molecule has 4 heteroatoms. The number of benzene rings is 1. The molecule has 0 fully saturated rings. The summed E-state index contributed by atoms with van der Waals surface area (Å²) in [5, 5.41) is 0. The van der Waals surface area contributed by atoms with E-state index in [2.05, 4.69) is 22.9 Å². The van der Waals surface area contributed by atoms with Crippen molar-refractivity contribution in [2.45, 2.75) is 18.2 Å². The molecule has 0 unspecified atom stereocenters. The molecule has 0 aliphatic rings. The molecule has 0 atom stereocenters. The average Bonchev–Trinajstić information content (AvgIpc) is 2.18. The quantitative estimate of drug-likeness (QED) is 0.674. The van der Waals surface area contributed by atoms with Crippen LogP contribution in [0.3, 0.4) is 0 Å². The van der Waals surface area contributed by atoms with E-state index in [1.807, 2.05) is 12.1 Å². The van der Waals surface area contributed by atoms with Crippen molar-refractivity contribution in [1.29, 1.82) is 0 Å². The van der Waals surface area contributed by atoms with Gasteiger partial charge in [0.15, 0.2) is 0 Å². The predicted octanol–water partition coefficient (Wildman–Crippen LogP) is 3.54. The first-order valence-corrected chi connectivity index (χ1v) is 6.22. The zero-order valence-corrected chi connectivity index (χ0v) is 10.7. The van der Waals surface area contributed by atoms with Crippen molar-refractivity contribution >= 4 is 33.4 Å². The Kier molecular flexibility index (Phi) is 4.62. The molecule has 0 aliphatic heterocycles. The summed E-state index contributed by atoms with van der Waals surface area (Å²) in [4.78, 5) is 1.11. The van der Waals surface area contributed by atoms with Gasteiger partial charge in [-0.25, -0.2) is 0 Å². The molecule has 0 amide bonds. The lowest BCUT2D eigenvalue weighted by Gasteiger charge is -2.09. The van der Waals surface area contributed by atoms with Crippen molar-refractivity contribution in [2.75, 3.05) is 18.6 Å². The number of anilines is 1. The number of methoxy groups -OCH3 is 1. The van der Waals surface area contributed by atoms with Gasteiger partial charge < -0.3 is 10.5 Å². The van der Waals surface area contributed by atoms with Crippen LogP contribution in [0, 0.1) is 0 Å². The Bertz CT molecular complexity index is 317. The zero-order valence-electron chi connectivity index (χ0n) is 8.34. The van der Waals surface area contributed by atoms with Crippen molar-refractivity contribution in [3.63, 3.8) is 0 Å². The molecule has 1 aromatic carbocycles. The molecule has 14 heavy (non-hydrogen) atoms. The summed E-state index contributed by atoms with van der Waals surface area (Å²) in [7, 11) is 1.64. The van der Waals surface area contributed by atoms with E-state index in [0.717, 1.165) is 33.0 Å². The summed E-state index contributed by atoms with van der Waals surface area (Å²) >= 11 is 5.21. The van der Waals surface area contributed by atoms with Crippen LogP contribution < -0.4 is 10.5 Å². The molecular weight excluding hydrogens is 262 g/mol. The second kappa shape index (κ2) is 5.51. The van der Waals surface area contributed by atoms with E-state index >= 15 is 0 Å². The van der Waals surface area contributed by atoms with Gasteiger partial charge in [0.1, 0.15) is 5.75 Å². The van der Waals surface area contributed by atoms with Crippen LogP contribution in [0.25, 0.3) is 0 Å². The molecular formula is C10H14BrNOS. The van der Waals surface area contributed by atoms with Crippen LogP contribution in [0.5, 0.6) is 5.75 Å². The minimum atomic E-state index is 0.781. The summed E-state index contributed by atoms with van der Waals surface area (Å²) in [5.41, 5.74) is 6.67. The smallest absolute Gasteiger partial charge is 0.135 e. The summed E-state index contributed by atoms with van der Waals surface area (Å²) in [6, 6.07) is 3.86. The number of ether oxygens (including phenoxy) is 1. The highest BCUT2D eigenvalue weighted by Crippen LogP contribution is 2.35. The van der Waals surface area contributed by atoms with Crippen molar-refractivity contribution in [1.82, 2.24) is 0 Å². The van der Waals surface area contributed by atoms with Gasteiger partial charge in [-0.2, -0.15) is 0 Å². The first-order valence-electron chi connectivity index (χ1n) is 4.44. The summed E-state index contributed by atoms with van der Waals surface area (Å²) in [6.45, 7) is 2.15. The van der Waals surface area contributed by atoms with Gasteiger partial charge in [0.2, 0.25) is 0 Å². The van der Waals surface area contributed by atoms with Crippen LogP contribution in [0.1, 0.15) is 13.3 Å². The van der Waals surface area contributed by atoms with E-state index in [1.165, 1.54) is 0 Å². The number of nitrogens with two attached hydrogens (primary N) is 1. The standard InChI is InChI=1S/C10H14BrNOS/c1-3-4-14-10-5-7(11)9(13-2)6-8(10)12/h5-6H,3-4,12H2,1-2H3. The summed E-state index contributed by atoms with van der Waals surface area (Å²) in [6.07, 6.45) is 1.15. The fraction of sp³-hybridized carbons (Fsp3) is 0.400. The Morgan fingerprint density at radius 2 is 2.21 bits per heavy atom. The molecule has 0 aromatic heterocycles. The first-order chi connectivity index (χ1) is 6.69. The van der Waals surface area contributed by atoms with Crippen molar-refractivity contribution < 1.29 is 4.74 Å². The van der Waals surface area contributed by atoms with Gasteiger partial charge in [0.05, 0.1) is 11.6 Å². The molecule has 0 spiro atoms. The SMILES string of the molecule is CCCSc1cc(Br)c(OC)cc1N. The maximum absolute atomic E-state index is 5.88. The molecule has 2 nitrogen and oxygen atoms in total. The van der Waals surface area contributed by atoms with Gasteiger partial charge in [0.25, 0.3) is 0 Å². The Balaban J connectivity index is 2.90. The highest BCUT2D eigenvalue weighted by atomic mass is 79.9. The first kappa shape index (κ1) is 11.7. The van der Waals surface area contributed by atoms with E-state index < -0.39 is 0 Å². The van der Waals surface area contributed by atoms with E-state index in [4.69, 9.17) is 10.5 Å². The van der Waals surface area contributed by atoms with Crippen LogP contribution >= 0.6 is 27.7 Å². The highest BCUT2D eigenvalue weighted by Gasteiger charge is 2.06. The maximum Gasteiger partial charge on any atom is 0.135 e. The topological polar surface area (TPSA) is 35.2 Å². The Hall–Kier alpha value is -0.350. The highest BCUT2D eigenvalue weighted by molar-refractivity contribution is 9.10. The average molecular weight is 276 g/mol. The minimum Gasteiger partial charge on any atom is -0.495 e. The fourth-order valence-corrected chi connectivity index (χ4v) is 2.55. The molecule has 0 saturated heterocycles. The monoisotopic (exact) mass is 275 g/mol. The van der Waals surface area contributed by atoms with Gasteiger partial charge in [-0.1, -0.05) is 6.92 Å². The van der Waals surface area contributed by atoms with Crippen LogP contribution in [0.2, 0.25) is 0 Å². The van der Waals surface area contributed by atoms with E-state index in [9.17, 15) is 0 Å². The van der Waals surface area contributed by atoms with E-state index in [1.54, 1.807) is 18.9 Å². The molecule has 78 valence electrons. The van der Waals surface area contributed by atoms with Crippen molar-refractivity contribution in [3.8, 4) is 5.75 Å². The van der Waals surface area contributed by atoms with E-state index in [0.29, 0.717) is 0 Å². The predicted molar refractivity (Wildman–Crippen MR) is 66.1 cm³/mol. The lowest BCUT2D eigenvalue weighted by molar-refractivity contribution is 0.412. The molecule has 1 aromatic rings. The number of halogens is 1. The minimum absolute atomic E-state index is 0.781. The second-order valence-corrected chi connectivity index (χ2v) is 4.86. The van der Waals surface area contributed by atoms with Crippen molar-refractivity contribution in [2.24, 2.45) is 0 Å². The lowest BCUT2D eigenvalue weighted by Crippen LogP contribution is -1.92. The summed E-state index contributed by atoms with van der Waals surface area (Å²) in [5.74, 6) is 1.87. The molecule has 0 radical (unpaired) electrons. The van der Waals surface area contributed by atoms with E-state index in [-0.39, 0.29) is 0 Å². The van der Waals surface area contributed by atoms with Crippen LogP contribution in [-0.4, -0.2) is 12.9 Å². The molecule has 0 heterocycles. The molecule has 1 rings (SSSR count). The normalized spacial score (nSPS) is 10.2. The molecule has 0 saturated carbocycles. The van der Waals surface area contributed by atoms with Crippen LogP contribution in [0.15, 0.2) is 21.5 Å². The third-order valence-corrected chi connectivity index (χ3v) is 3.64. The maximum atomic E-state index is 5.88. The third kappa shape index (κ3) is 2.82. The van der Waals surface area contributed by atoms with Crippen LogP contribution in [-0.2, 0) is 0 Å². The number of thioether (sulfide) groups is 1. The largest absolute Gasteiger partial charge is 0.495 e. The van der Waals surface area contributed by atoms with Gasteiger partial charge in [-0.15, -0.1) is 11.8 Å². The second-order valence-electron chi connectivity index (χ2n) is 2.87. The number of rotatable bonds is 4. The number of hydrogen-bond donors (Lipinski definition) is 1. The summed E-state index contributed by atoms with van der Waals surface area (Å²) < 4.78 is 6.10.